The molecule has 0 heterocycles. The average molecular weight is 621 g/mol. The summed E-state index contributed by atoms with van der Waals surface area (Å²) in [6.45, 7) is 19.8. The number of hydrogen-bond donors (Lipinski definition) is 0. The van der Waals surface area contributed by atoms with Crippen molar-refractivity contribution in [3.8, 4) is 0 Å². The summed E-state index contributed by atoms with van der Waals surface area (Å²) >= 11 is -3.38. The predicted molar refractivity (Wildman–Crippen MR) is 174 cm³/mol. The first kappa shape index (κ1) is 29.4. The van der Waals surface area contributed by atoms with E-state index in [1.54, 1.807) is 0 Å². The first-order valence-electron chi connectivity index (χ1n) is 14.4. The first-order valence-corrected chi connectivity index (χ1v) is 21.8. The van der Waals surface area contributed by atoms with E-state index in [-0.39, 0.29) is 16.2 Å². The Bertz CT molecular complexity index is 1200. The molecule has 4 rings (SSSR count). The fourth-order valence-electron chi connectivity index (χ4n) is 6.97. The summed E-state index contributed by atoms with van der Waals surface area (Å²) in [6, 6.07) is 44.6. The van der Waals surface area contributed by atoms with Crippen molar-refractivity contribution in [2.45, 2.75) is 71.1 Å². The summed E-state index contributed by atoms with van der Waals surface area (Å²) in [7, 11) is 0. The van der Waals surface area contributed by atoms with Gasteiger partial charge in [0, 0.05) is 0 Å². The molecule has 4 aromatic rings. The van der Waals surface area contributed by atoms with Crippen LogP contribution in [0.4, 0.5) is 0 Å². The topological polar surface area (TPSA) is 0 Å². The second-order valence-corrected chi connectivity index (χ2v) is 25.5. The molecule has 0 saturated carbocycles. The molecule has 0 aliphatic carbocycles. The fraction of sp³-hybridized carbons (Fsp3) is 0.316. The van der Waals surface area contributed by atoms with Crippen molar-refractivity contribution in [3.63, 3.8) is 0 Å². The molecule has 0 spiro atoms. The molecule has 0 unspecified atom stereocenters. The first-order chi connectivity index (χ1) is 18.5. The van der Waals surface area contributed by atoms with E-state index in [0.29, 0.717) is 0 Å². The van der Waals surface area contributed by atoms with Crippen molar-refractivity contribution in [1.29, 1.82) is 0 Å². The van der Waals surface area contributed by atoms with Crippen molar-refractivity contribution < 1.29 is 0 Å². The summed E-state index contributed by atoms with van der Waals surface area (Å²) in [5.74, 6) is 0. The Morgan fingerprint density at radius 2 is 0.718 bits per heavy atom. The normalized spacial score (nSPS) is 12.8. The third kappa shape index (κ3) is 6.95. The van der Waals surface area contributed by atoms with Gasteiger partial charge in [-0.25, -0.2) is 0 Å². The van der Waals surface area contributed by atoms with E-state index in [1.165, 1.54) is 39.2 Å². The minimum atomic E-state index is -3.38. The Balaban J connectivity index is 1.92. The molecule has 0 radical (unpaired) electrons. The van der Waals surface area contributed by atoms with Crippen molar-refractivity contribution in [3.05, 3.63) is 150 Å². The number of hydrogen-bond acceptors (Lipinski definition) is 0. The second-order valence-electron chi connectivity index (χ2n) is 13.4. The molecular formula is C38H46Sn. The van der Waals surface area contributed by atoms with Crippen LogP contribution in [-0.2, 0) is 16.2 Å². The fourth-order valence-corrected chi connectivity index (χ4v) is 28.3. The van der Waals surface area contributed by atoms with Crippen LogP contribution in [0.2, 0.25) is 13.3 Å². The quantitative estimate of drug-likeness (QED) is 0.146. The molecule has 0 bridgehead atoms. The summed E-state index contributed by atoms with van der Waals surface area (Å²) in [5, 5.41) is 0. The van der Waals surface area contributed by atoms with E-state index in [2.05, 4.69) is 163 Å². The maximum absolute atomic E-state index is 5.02. The minimum absolute atomic E-state index is 0.0502. The van der Waals surface area contributed by atoms with Crippen LogP contribution in [-0.4, -0.2) is 18.4 Å². The summed E-state index contributed by atoms with van der Waals surface area (Å²) in [6.07, 6.45) is 0. The molecule has 0 N–H and O–H groups in total. The predicted octanol–water partition coefficient (Wildman–Crippen LogP) is 10.6. The van der Waals surface area contributed by atoms with E-state index in [4.69, 9.17) is 6.58 Å². The molecule has 0 fully saturated rings. The molecule has 0 aliphatic heterocycles. The standard InChI is InChI=1S/3C10H13.C8H7.Sn/c3*1-10(2,3)9-7-5-4-6-8-9;1-2-8-6-4-3-5-7-8;/h3*4-8H,1H2,2-3H3;3-7H,1H2;. The van der Waals surface area contributed by atoms with Gasteiger partial charge in [-0.3, -0.25) is 0 Å². The molecule has 1 heteroatoms. The molecule has 0 aliphatic rings. The molecule has 202 valence electrons. The van der Waals surface area contributed by atoms with Gasteiger partial charge in [-0.15, -0.1) is 0 Å². The van der Waals surface area contributed by atoms with E-state index in [9.17, 15) is 0 Å². The third-order valence-corrected chi connectivity index (χ3v) is 26.6. The van der Waals surface area contributed by atoms with Crippen LogP contribution in [0.25, 0.3) is 3.59 Å². The van der Waals surface area contributed by atoms with Crippen LogP contribution in [0, 0.1) is 0 Å². The Kier molecular flexibility index (Phi) is 8.96. The molecule has 39 heavy (non-hydrogen) atoms. The third-order valence-electron chi connectivity index (χ3n) is 8.77. The van der Waals surface area contributed by atoms with Gasteiger partial charge in [-0.1, -0.05) is 0 Å². The molecule has 0 atom stereocenters. The number of rotatable bonds is 11. The van der Waals surface area contributed by atoms with E-state index < -0.39 is 18.4 Å². The van der Waals surface area contributed by atoms with Gasteiger partial charge in [0.05, 0.1) is 0 Å². The molecule has 0 nitrogen and oxygen atoms in total. The summed E-state index contributed by atoms with van der Waals surface area (Å²) in [4.78, 5) is 0. The van der Waals surface area contributed by atoms with Crippen LogP contribution in [0.15, 0.2) is 128 Å². The zero-order valence-electron chi connectivity index (χ0n) is 24.9. The van der Waals surface area contributed by atoms with E-state index >= 15 is 0 Å². The van der Waals surface area contributed by atoms with Crippen LogP contribution in [0.1, 0.15) is 63.8 Å². The van der Waals surface area contributed by atoms with Gasteiger partial charge in [0.15, 0.2) is 0 Å². The molecule has 0 aromatic heterocycles. The zero-order chi connectivity index (χ0) is 28.2. The van der Waals surface area contributed by atoms with Crippen molar-refractivity contribution in [2.75, 3.05) is 0 Å². The van der Waals surface area contributed by atoms with Crippen LogP contribution >= 0.6 is 0 Å². The maximum atomic E-state index is 5.02. The molecule has 0 saturated heterocycles. The Morgan fingerprint density at radius 3 is 1.00 bits per heavy atom. The van der Waals surface area contributed by atoms with Gasteiger partial charge in [0.2, 0.25) is 0 Å². The van der Waals surface area contributed by atoms with Crippen molar-refractivity contribution in [1.82, 2.24) is 0 Å². The van der Waals surface area contributed by atoms with Crippen molar-refractivity contribution >= 4 is 22.0 Å². The Morgan fingerprint density at radius 1 is 0.462 bits per heavy atom. The van der Waals surface area contributed by atoms with Gasteiger partial charge in [0.1, 0.15) is 0 Å². The van der Waals surface area contributed by atoms with E-state index in [0.717, 1.165) is 0 Å². The molecule has 4 aromatic carbocycles. The van der Waals surface area contributed by atoms with Gasteiger partial charge in [-0.2, -0.15) is 0 Å². The number of benzene rings is 4. The Hall–Kier alpha value is -2.58. The van der Waals surface area contributed by atoms with Gasteiger partial charge in [-0.05, 0) is 0 Å². The average Bonchev–Trinajstić information content (AvgIpc) is 2.94. The van der Waals surface area contributed by atoms with Gasteiger partial charge in [0.25, 0.3) is 0 Å². The summed E-state index contributed by atoms with van der Waals surface area (Å²) < 4.78 is 5.10. The zero-order valence-corrected chi connectivity index (χ0v) is 27.7. The van der Waals surface area contributed by atoms with Crippen LogP contribution in [0.3, 0.4) is 0 Å². The van der Waals surface area contributed by atoms with Gasteiger partial charge >= 0.3 is 243 Å². The second kappa shape index (κ2) is 11.9. The van der Waals surface area contributed by atoms with Crippen molar-refractivity contribution in [2.24, 2.45) is 0 Å². The molecule has 0 amide bonds. The van der Waals surface area contributed by atoms with Crippen LogP contribution in [0.5, 0.6) is 0 Å². The molecular weight excluding hydrogens is 575 g/mol. The summed E-state index contributed by atoms with van der Waals surface area (Å²) in [5.41, 5.74) is 5.79. The monoisotopic (exact) mass is 622 g/mol. The van der Waals surface area contributed by atoms with Gasteiger partial charge < -0.3 is 0 Å². The Labute approximate surface area is 242 Å². The van der Waals surface area contributed by atoms with Crippen LogP contribution < -0.4 is 0 Å². The van der Waals surface area contributed by atoms with E-state index in [1.807, 2.05) is 0 Å². The SMILES string of the molecule is C=[C](c1ccccc1)[Sn]([CH2]C(C)(C)c1ccccc1)([CH2]C(C)(C)c1ccccc1)[CH2]C(C)(C)c1ccccc1.